The minimum Gasteiger partial charge on any atom is -0.456 e. The molecule has 20 heavy (non-hydrogen) atoms. The monoisotopic (exact) mass is 285 g/mol. The van der Waals surface area contributed by atoms with E-state index in [0.29, 0.717) is 0 Å². The fraction of sp³-hybridized carbons (Fsp3) is 0.667. The number of ether oxygens (including phenoxy) is 4. The number of carbonyl (C=O) groups is 3. The summed E-state index contributed by atoms with van der Waals surface area (Å²) >= 11 is 0. The normalized spacial score (nSPS) is 28.9. The summed E-state index contributed by atoms with van der Waals surface area (Å²) in [7, 11) is 0. The summed E-state index contributed by atoms with van der Waals surface area (Å²) in [4.78, 5) is 36.5. The SMILES string of the molecule is [C-]#[N+][C@H]1OC[C@@H](OC(C)=O)[C@H](OC(C)=O)[C@H]1OC(C)=O. The maximum absolute atomic E-state index is 11.1. The average molecular weight is 285 g/mol. The molecule has 0 unspecified atom stereocenters. The molecule has 0 aromatic rings. The summed E-state index contributed by atoms with van der Waals surface area (Å²) in [5.41, 5.74) is 0. The number of carbonyl (C=O) groups excluding carboxylic acids is 3. The van der Waals surface area contributed by atoms with Gasteiger partial charge in [-0.3, -0.25) is 19.2 Å². The average Bonchev–Trinajstić information content (AvgIpc) is 2.31. The van der Waals surface area contributed by atoms with Gasteiger partial charge in [0.15, 0.2) is 12.2 Å². The van der Waals surface area contributed by atoms with Crippen LogP contribution in [0, 0.1) is 6.57 Å². The van der Waals surface area contributed by atoms with Crippen molar-refractivity contribution in [1.29, 1.82) is 0 Å². The summed E-state index contributed by atoms with van der Waals surface area (Å²) in [6, 6.07) is 0. The molecule has 0 amide bonds. The number of hydrogen-bond acceptors (Lipinski definition) is 7. The van der Waals surface area contributed by atoms with Gasteiger partial charge in [0.05, 0.1) is 6.61 Å². The second kappa shape index (κ2) is 6.86. The first-order valence-corrected chi connectivity index (χ1v) is 5.85. The van der Waals surface area contributed by atoms with Gasteiger partial charge in [0.25, 0.3) is 0 Å². The summed E-state index contributed by atoms with van der Waals surface area (Å²) in [6.45, 7) is 10.4. The standard InChI is InChI=1S/C12H15NO7/c1-6(14)18-9-5-17-12(13-4)11(20-8(3)16)10(9)19-7(2)15/h9-12H,5H2,1-3H3/t9-,10+,11-,12+/m1/s1. The highest BCUT2D eigenvalue weighted by Gasteiger charge is 2.50. The third-order valence-corrected chi connectivity index (χ3v) is 2.45. The van der Waals surface area contributed by atoms with E-state index in [1.165, 1.54) is 6.92 Å². The molecule has 1 rings (SSSR count). The van der Waals surface area contributed by atoms with Crippen molar-refractivity contribution in [2.75, 3.05) is 6.61 Å². The molecular formula is C12H15NO7. The van der Waals surface area contributed by atoms with E-state index in [1.54, 1.807) is 0 Å². The Kier molecular flexibility index (Phi) is 5.46. The highest BCUT2D eigenvalue weighted by atomic mass is 16.6. The van der Waals surface area contributed by atoms with E-state index in [4.69, 9.17) is 25.5 Å². The highest BCUT2D eigenvalue weighted by molar-refractivity contribution is 5.68. The van der Waals surface area contributed by atoms with Crippen LogP contribution in [0.3, 0.4) is 0 Å². The number of nitrogens with zero attached hydrogens (tertiary/aromatic N) is 1. The second-order valence-electron chi connectivity index (χ2n) is 4.15. The molecule has 110 valence electrons. The van der Waals surface area contributed by atoms with Gasteiger partial charge in [0.2, 0.25) is 6.10 Å². The number of hydrogen-bond donors (Lipinski definition) is 0. The Balaban J connectivity index is 2.99. The van der Waals surface area contributed by atoms with E-state index >= 15 is 0 Å². The van der Waals surface area contributed by atoms with Crippen LogP contribution in [0.2, 0.25) is 0 Å². The second-order valence-corrected chi connectivity index (χ2v) is 4.15. The van der Waals surface area contributed by atoms with Crippen LogP contribution in [0.25, 0.3) is 4.85 Å². The first-order valence-electron chi connectivity index (χ1n) is 5.85. The fourth-order valence-electron chi connectivity index (χ4n) is 1.83. The van der Waals surface area contributed by atoms with Gasteiger partial charge in [-0.2, -0.15) is 0 Å². The van der Waals surface area contributed by atoms with Gasteiger partial charge in [-0.1, -0.05) is 0 Å². The third kappa shape index (κ3) is 4.20. The van der Waals surface area contributed by atoms with Crippen LogP contribution in [-0.2, 0) is 33.3 Å². The Bertz CT molecular complexity index is 442. The van der Waals surface area contributed by atoms with Crippen molar-refractivity contribution in [3.05, 3.63) is 11.4 Å². The van der Waals surface area contributed by atoms with Gasteiger partial charge in [0, 0.05) is 20.8 Å². The number of esters is 3. The summed E-state index contributed by atoms with van der Waals surface area (Å²) in [5.74, 6) is -1.90. The molecule has 1 saturated heterocycles. The highest BCUT2D eigenvalue weighted by Crippen LogP contribution is 2.25. The van der Waals surface area contributed by atoms with Gasteiger partial charge >= 0.3 is 24.1 Å². The molecule has 0 aromatic carbocycles. The van der Waals surface area contributed by atoms with Crippen LogP contribution in [0.4, 0.5) is 0 Å². The maximum Gasteiger partial charge on any atom is 0.368 e. The van der Waals surface area contributed by atoms with E-state index in [-0.39, 0.29) is 6.61 Å². The zero-order valence-corrected chi connectivity index (χ0v) is 11.3. The van der Waals surface area contributed by atoms with E-state index in [1.807, 2.05) is 0 Å². The molecule has 8 nitrogen and oxygen atoms in total. The van der Waals surface area contributed by atoms with E-state index in [0.717, 1.165) is 13.8 Å². The Morgan fingerprint density at radius 2 is 1.50 bits per heavy atom. The maximum atomic E-state index is 11.1. The molecule has 0 spiro atoms. The lowest BCUT2D eigenvalue weighted by Gasteiger charge is -2.35. The summed E-state index contributed by atoms with van der Waals surface area (Å²) in [6.07, 6.45) is -4.27. The molecule has 8 heteroatoms. The van der Waals surface area contributed by atoms with Crippen LogP contribution < -0.4 is 0 Å². The third-order valence-electron chi connectivity index (χ3n) is 2.45. The lowest BCUT2D eigenvalue weighted by Crippen LogP contribution is -2.56. The minimum absolute atomic E-state index is 0.123. The quantitative estimate of drug-likeness (QED) is 0.411. The van der Waals surface area contributed by atoms with Crippen molar-refractivity contribution in [3.8, 4) is 0 Å². The zero-order chi connectivity index (χ0) is 15.3. The van der Waals surface area contributed by atoms with Crippen molar-refractivity contribution in [2.24, 2.45) is 0 Å². The van der Waals surface area contributed by atoms with E-state index < -0.39 is 42.4 Å². The summed E-state index contributed by atoms with van der Waals surface area (Å²) in [5, 5.41) is 0. The lowest BCUT2D eigenvalue weighted by molar-refractivity contribution is -0.219. The van der Waals surface area contributed by atoms with Gasteiger partial charge < -0.3 is 18.9 Å². The molecule has 4 atom stereocenters. The molecule has 0 radical (unpaired) electrons. The summed E-state index contributed by atoms with van der Waals surface area (Å²) < 4.78 is 20.1. The molecule has 0 aliphatic carbocycles. The van der Waals surface area contributed by atoms with Crippen LogP contribution in [0.5, 0.6) is 0 Å². The molecule has 0 aromatic heterocycles. The van der Waals surface area contributed by atoms with Crippen LogP contribution >= 0.6 is 0 Å². The molecule has 1 heterocycles. The Morgan fingerprint density at radius 1 is 1.00 bits per heavy atom. The fourth-order valence-corrected chi connectivity index (χ4v) is 1.83. The van der Waals surface area contributed by atoms with Crippen molar-refractivity contribution < 1.29 is 33.3 Å². The zero-order valence-electron chi connectivity index (χ0n) is 11.3. The van der Waals surface area contributed by atoms with Crippen LogP contribution in [0.1, 0.15) is 20.8 Å². The smallest absolute Gasteiger partial charge is 0.368 e. The Morgan fingerprint density at radius 3 is 1.95 bits per heavy atom. The first kappa shape index (κ1) is 15.9. The predicted molar refractivity (Wildman–Crippen MR) is 63.0 cm³/mol. The van der Waals surface area contributed by atoms with Gasteiger partial charge in [-0.15, -0.1) is 0 Å². The minimum atomic E-state index is -1.15. The van der Waals surface area contributed by atoms with Crippen molar-refractivity contribution >= 4 is 17.9 Å². The Labute approximate surface area is 115 Å². The largest absolute Gasteiger partial charge is 0.456 e. The lowest BCUT2D eigenvalue weighted by atomic mass is 10.0. The molecule has 1 fully saturated rings. The van der Waals surface area contributed by atoms with Gasteiger partial charge in [-0.05, 0) is 0 Å². The molecule has 1 aliphatic rings. The first-order chi connectivity index (χ1) is 9.35. The molecule has 0 N–H and O–H groups in total. The number of rotatable bonds is 3. The van der Waals surface area contributed by atoms with E-state index in [9.17, 15) is 14.4 Å². The van der Waals surface area contributed by atoms with Crippen LogP contribution in [-0.4, -0.2) is 49.1 Å². The van der Waals surface area contributed by atoms with Gasteiger partial charge in [-0.25, -0.2) is 6.57 Å². The van der Waals surface area contributed by atoms with Crippen LogP contribution in [0.15, 0.2) is 0 Å². The van der Waals surface area contributed by atoms with Crippen molar-refractivity contribution in [2.45, 2.75) is 45.3 Å². The molecule has 0 bridgehead atoms. The molecule has 1 aliphatic heterocycles. The van der Waals surface area contributed by atoms with E-state index in [2.05, 4.69) is 4.85 Å². The van der Waals surface area contributed by atoms with Crippen molar-refractivity contribution in [3.63, 3.8) is 0 Å². The Hall–Kier alpha value is -2.14. The molecule has 0 saturated carbocycles. The van der Waals surface area contributed by atoms with Gasteiger partial charge in [0.1, 0.15) is 0 Å². The van der Waals surface area contributed by atoms with Crippen molar-refractivity contribution in [1.82, 2.24) is 0 Å². The molecular weight excluding hydrogens is 270 g/mol. The predicted octanol–water partition coefficient (Wildman–Crippen LogP) is 0.0571. The topological polar surface area (TPSA) is 92.5 Å².